The zero-order valence-corrected chi connectivity index (χ0v) is 11.8. The topological polar surface area (TPSA) is 40.5 Å². The van der Waals surface area contributed by atoms with Crippen LogP contribution in [0.2, 0.25) is 5.02 Å². The number of aliphatic hydroxyl groups excluding tert-OH is 1. The average Bonchev–Trinajstić information content (AvgIpc) is 2.37. The van der Waals surface area contributed by atoms with Gasteiger partial charge in [0.1, 0.15) is 5.82 Å². The third-order valence-corrected chi connectivity index (χ3v) is 4.46. The van der Waals surface area contributed by atoms with Crippen molar-refractivity contribution >= 4 is 11.6 Å². The molecule has 0 aliphatic heterocycles. The molecule has 2 nitrogen and oxygen atoms in total. The molecule has 1 aliphatic carbocycles. The summed E-state index contributed by atoms with van der Waals surface area (Å²) in [6, 6.07) is 4.39. The smallest absolute Gasteiger partial charge is 0.141 e. The van der Waals surface area contributed by atoms with E-state index in [0.717, 1.165) is 18.4 Å². The first-order valence-electron chi connectivity index (χ1n) is 6.75. The zero-order chi connectivity index (χ0) is 14.0. The predicted molar refractivity (Wildman–Crippen MR) is 73.7 cm³/mol. The van der Waals surface area contributed by atoms with Gasteiger partial charge >= 0.3 is 0 Å². The lowest BCUT2D eigenvalue weighted by Crippen LogP contribution is -2.46. The van der Waals surface area contributed by atoms with Crippen molar-refractivity contribution < 1.29 is 14.6 Å². The van der Waals surface area contributed by atoms with Crippen LogP contribution in [0.4, 0.5) is 4.39 Å². The van der Waals surface area contributed by atoms with Crippen molar-refractivity contribution in [1.82, 2.24) is 0 Å². The fourth-order valence-electron chi connectivity index (χ4n) is 2.68. The summed E-state index contributed by atoms with van der Waals surface area (Å²) < 4.78 is 13.1. The summed E-state index contributed by atoms with van der Waals surface area (Å²) in [6.45, 7) is 2.16. The Kier molecular flexibility index (Phi) is 4.49. The molecule has 2 N–H and O–H groups in total. The Morgan fingerprint density at radius 1 is 1.42 bits per heavy atom. The second-order valence-electron chi connectivity index (χ2n) is 5.75. The van der Waals surface area contributed by atoms with Crippen LogP contribution in [-0.2, 0) is 6.42 Å². The summed E-state index contributed by atoms with van der Waals surface area (Å²) in [5.74, 6) is 0.137. The third-order valence-electron chi connectivity index (χ3n) is 4.17. The third kappa shape index (κ3) is 3.47. The lowest BCUT2D eigenvalue weighted by atomic mass is 9.75. The number of halogens is 2. The van der Waals surface area contributed by atoms with Crippen LogP contribution in [0.3, 0.4) is 0 Å². The number of hydrogen-bond acceptors (Lipinski definition) is 2. The Labute approximate surface area is 118 Å². The van der Waals surface area contributed by atoms with Gasteiger partial charge < -0.3 is 10.2 Å². The molecule has 1 aliphatic rings. The highest BCUT2D eigenvalue weighted by molar-refractivity contribution is 6.30. The minimum absolute atomic E-state index is 0.0500. The molecule has 0 aromatic heterocycles. The molecule has 1 aromatic carbocycles. The summed E-state index contributed by atoms with van der Waals surface area (Å²) in [5.41, 5.74) is -0.279. The Hall–Kier alpha value is -0.640. The van der Waals surface area contributed by atoms with Gasteiger partial charge in [-0.1, -0.05) is 24.6 Å². The largest absolute Gasteiger partial charge is 0.390 e. The van der Waals surface area contributed by atoms with Crippen LogP contribution in [0.15, 0.2) is 18.2 Å². The van der Waals surface area contributed by atoms with Crippen LogP contribution in [0, 0.1) is 11.7 Å². The van der Waals surface area contributed by atoms with E-state index in [1.54, 1.807) is 6.07 Å². The van der Waals surface area contributed by atoms with E-state index in [0.29, 0.717) is 25.2 Å². The van der Waals surface area contributed by atoms with E-state index >= 15 is 0 Å². The van der Waals surface area contributed by atoms with Gasteiger partial charge in [-0.2, -0.15) is 0 Å². The van der Waals surface area contributed by atoms with E-state index < -0.39 is 17.5 Å². The minimum Gasteiger partial charge on any atom is -0.390 e. The molecule has 4 heteroatoms. The summed E-state index contributed by atoms with van der Waals surface area (Å²) >= 11 is 5.72. The van der Waals surface area contributed by atoms with Crippen molar-refractivity contribution in [3.63, 3.8) is 0 Å². The van der Waals surface area contributed by atoms with Gasteiger partial charge in [0.15, 0.2) is 0 Å². The van der Waals surface area contributed by atoms with Gasteiger partial charge in [0, 0.05) is 6.42 Å². The zero-order valence-electron chi connectivity index (χ0n) is 11.1. The normalized spacial score (nSPS) is 29.2. The van der Waals surface area contributed by atoms with Crippen LogP contribution in [0.1, 0.15) is 38.2 Å². The van der Waals surface area contributed by atoms with Gasteiger partial charge in [0.25, 0.3) is 0 Å². The second kappa shape index (κ2) is 5.78. The quantitative estimate of drug-likeness (QED) is 0.895. The molecule has 19 heavy (non-hydrogen) atoms. The molecule has 0 heterocycles. The van der Waals surface area contributed by atoms with Crippen LogP contribution in [-0.4, -0.2) is 21.9 Å². The first kappa shape index (κ1) is 14.8. The van der Waals surface area contributed by atoms with Crippen molar-refractivity contribution in [2.75, 3.05) is 0 Å². The number of benzene rings is 1. The van der Waals surface area contributed by atoms with Gasteiger partial charge in [-0.25, -0.2) is 4.39 Å². The highest BCUT2D eigenvalue weighted by Crippen LogP contribution is 2.35. The summed E-state index contributed by atoms with van der Waals surface area (Å²) in [7, 11) is 0. The average molecular weight is 287 g/mol. The van der Waals surface area contributed by atoms with Gasteiger partial charge in [-0.15, -0.1) is 0 Å². The van der Waals surface area contributed by atoms with Gasteiger partial charge in [0.05, 0.1) is 16.7 Å². The van der Waals surface area contributed by atoms with Crippen molar-refractivity contribution in [2.45, 2.75) is 50.7 Å². The van der Waals surface area contributed by atoms with Crippen molar-refractivity contribution in [3.8, 4) is 0 Å². The van der Waals surface area contributed by atoms with Crippen molar-refractivity contribution in [3.05, 3.63) is 34.6 Å². The predicted octanol–water partition coefficient (Wildman–Crippen LogP) is 3.32. The maximum absolute atomic E-state index is 13.1. The number of hydrogen-bond donors (Lipinski definition) is 2. The molecule has 0 saturated heterocycles. The van der Waals surface area contributed by atoms with Crippen LogP contribution in [0.25, 0.3) is 0 Å². The standard InChI is InChI=1S/C15H20ClFO2/c1-10-4-6-15(19,7-5-10)14(18)9-11-2-3-13(17)12(16)8-11/h2-3,8,10,14,18-19H,4-7,9H2,1H3. The van der Waals surface area contributed by atoms with E-state index in [-0.39, 0.29) is 5.02 Å². The molecule has 1 atom stereocenters. The van der Waals surface area contributed by atoms with E-state index in [1.165, 1.54) is 12.1 Å². The molecule has 0 radical (unpaired) electrons. The fourth-order valence-corrected chi connectivity index (χ4v) is 2.88. The highest BCUT2D eigenvalue weighted by Gasteiger charge is 2.38. The molecule has 0 amide bonds. The van der Waals surface area contributed by atoms with Crippen LogP contribution < -0.4 is 0 Å². The molecule has 0 bridgehead atoms. The Morgan fingerprint density at radius 2 is 2.05 bits per heavy atom. The Morgan fingerprint density at radius 3 is 2.63 bits per heavy atom. The Bertz CT molecular complexity index is 442. The van der Waals surface area contributed by atoms with Crippen molar-refractivity contribution in [1.29, 1.82) is 0 Å². The SMILES string of the molecule is CC1CCC(O)(C(O)Cc2ccc(F)c(Cl)c2)CC1. The molecule has 1 unspecified atom stereocenters. The van der Waals surface area contributed by atoms with Gasteiger partial charge in [-0.3, -0.25) is 0 Å². The van der Waals surface area contributed by atoms with Gasteiger partial charge in [-0.05, 0) is 49.3 Å². The second-order valence-corrected chi connectivity index (χ2v) is 6.16. The summed E-state index contributed by atoms with van der Waals surface area (Å²) in [4.78, 5) is 0. The summed E-state index contributed by atoms with van der Waals surface area (Å²) in [6.07, 6.45) is 2.55. The number of aliphatic hydroxyl groups is 2. The highest BCUT2D eigenvalue weighted by atomic mass is 35.5. The lowest BCUT2D eigenvalue weighted by Gasteiger charge is -2.38. The van der Waals surface area contributed by atoms with E-state index in [2.05, 4.69) is 6.92 Å². The van der Waals surface area contributed by atoms with Crippen LogP contribution >= 0.6 is 11.6 Å². The molecule has 1 fully saturated rings. The van der Waals surface area contributed by atoms with E-state index in [9.17, 15) is 14.6 Å². The monoisotopic (exact) mass is 286 g/mol. The fraction of sp³-hybridized carbons (Fsp3) is 0.600. The number of rotatable bonds is 3. The summed E-state index contributed by atoms with van der Waals surface area (Å²) in [5, 5.41) is 20.8. The maximum atomic E-state index is 13.1. The molecule has 2 rings (SSSR count). The van der Waals surface area contributed by atoms with E-state index in [1.807, 2.05) is 0 Å². The lowest BCUT2D eigenvalue weighted by molar-refractivity contribution is -0.102. The van der Waals surface area contributed by atoms with Gasteiger partial charge in [0.2, 0.25) is 0 Å². The molecule has 1 saturated carbocycles. The first-order chi connectivity index (χ1) is 8.90. The minimum atomic E-state index is -1.02. The molecular formula is C15H20ClFO2. The maximum Gasteiger partial charge on any atom is 0.141 e. The molecule has 1 aromatic rings. The van der Waals surface area contributed by atoms with E-state index in [4.69, 9.17) is 11.6 Å². The Balaban J connectivity index is 2.03. The molecular weight excluding hydrogens is 267 g/mol. The molecule has 0 spiro atoms. The van der Waals surface area contributed by atoms with Crippen LogP contribution in [0.5, 0.6) is 0 Å². The van der Waals surface area contributed by atoms with Crippen molar-refractivity contribution in [2.24, 2.45) is 5.92 Å². The molecule has 106 valence electrons. The first-order valence-corrected chi connectivity index (χ1v) is 7.13.